The first kappa shape index (κ1) is 12.9. The van der Waals surface area contributed by atoms with Gasteiger partial charge in [-0.15, -0.1) is 0 Å². The topological polar surface area (TPSA) is 40.5 Å². The van der Waals surface area contributed by atoms with Gasteiger partial charge in [-0.25, -0.2) is 0 Å². The van der Waals surface area contributed by atoms with E-state index in [1.165, 1.54) is 0 Å². The molecule has 1 aromatic rings. The molecule has 0 amide bonds. The molecular weight excluding hydrogens is 303 g/mol. The second-order valence-electron chi connectivity index (χ2n) is 3.71. The average molecular weight is 320 g/mol. The monoisotopic (exact) mass is 320 g/mol. The molecule has 0 fully saturated rings. The van der Waals surface area contributed by atoms with E-state index in [4.69, 9.17) is 0 Å². The summed E-state index contributed by atoms with van der Waals surface area (Å²) in [5.41, 5.74) is 0.797. The van der Waals surface area contributed by atoms with Gasteiger partial charge in [0.05, 0.1) is 6.10 Å². The zero-order valence-electron chi connectivity index (χ0n) is 8.86. The van der Waals surface area contributed by atoms with Gasteiger partial charge in [0.1, 0.15) is 6.10 Å². The number of rotatable bonds is 5. The second kappa shape index (κ2) is 6.45. The highest BCUT2D eigenvalue weighted by Gasteiger charge is 2.17. The third-order valence-corrected chi connectivity index (χ3v) is 3.08. The van der Waals surface area contributed by atoms with Crippen LogP contribution in [-0.4, -0.2) is 16.3 Å². The Balaban J connectivity index is 2.62. The lowest BCUT2D eigenvalue weighted by Gasteiger charge is -2.18. The first-order chi connectivity index (χ1) is 7.15. The van der Waals surface area contributed by atoms with Crippen LogP contribution in [-0.2, 0) is 0 Å². The number of hydrogen-bond donors (Lipinski definition) is 2. The Morgan fingerprint density at radius 3 is 2.67 bits per heavy atom. The van der Waals surface area contributed by atoms with Crippen molar-refractivity contribution in [3.8, 4) is 0 Å². The Labute approximate surface area is 104 Å². The van der Waals surface area contributed by atoms with Gasteiger partial charge >= 0.3 is 0 Å². The molecular formula is C12H17IO2. The van der Waals surface area contributed by atoms with Crippen molar-refractivity contribution >= 4 is 22.6 Å². The fraction of sp³-hybridized carbons (Fsp3) is 0.500. The minimum Gasteiger partial charge on any atom is -0.390 e. The molecule has 2 N–H and O–H groups in total. The number of halogens is 1. The van der Waals surface area contributed by atoms with E-state index < -0.39 is 12.2 Å². The van der Waals surface area contributed by atoms with Crippen LogP contribution in [0.15, 0.2) is 24.3 Å². The van der Waals surface area contributed by atoms with Crippen LogP contribution in [0.5, 0.6) is 0 Å². The maximum Gasteiger partial charge on any atom is 0.105 e. The molecule has 0 heterocycles. The van der Waals surface area contributed by atoms with Crippen LogP contribution >= 0.6 is 22.6 Å². The van der Waals surface area contributed by atoms with Crippen molar-refractivity contribution < 1.29 is 10.2 Å². The summed E-state index contributed by atoms with van der Waals surface area (Å²) in [4.78, 5) is 0. The summed E-state index contributed by atoms with van der Waals surface area (Å²) in [6, 6.07) is 7.62. The van der Waals surface area contributed by atoms with Crippen molar-refractivity contribution in [2.45, 2.75) is 38.4 Å². The average Bonchev–Trinajstić information content (AvgIpc) is 2.24. The molecule has 0 saturated heterocycles. The zero-order valence-corrected chi connectivity index (χ0v) is 11.0. The quantitative estimate of drug-likeness (QED) is 0.819. The smallest absolute Gasteiger partial charge is 0.105 e. The largest absolute Gasteiger partial charge is 0.390 e. The van der Waals surface area contributed by atoms with Crippen molar-refractivity contribution in [1.82, 2.24) is 0 Å². The van der Waals surface area contributed by atoms with Crippen LogP contribution < -0.4 is 0 Å². The molecule has 0 aliphatic carbocycles. The van der Waals surface area contributed by atoms with Crippen molar-refractivity contribution in [3.63, 3.8) is 0 Å². The van der Waals surface area contributed by atoms with E-state index in [0.29, 0.717) is 6.42 Å². The minimum atomic E-state index is -0.758. The molecule has 1 rings (SSSR count). The summed E-state index contributed by atoms with van der Waals surface area (Å²) < 4.78 is 1.08. The lowest BCUT2D eigenvalue weighted by Crippen LogP contribution is -2.18. The van der Waals surface area contributed by atoms with Crippen LogP contribution in [0.2, 0.25) is 0 Å². The van der Waals surface area contributed by atoms with Crippen molar-refractivity contribution in [2.75, 3.05) is 0 Å². The third-order valence-electron chi connectivity index (χ3n) is 2.41. The number of aliphatic hydroxyl groups is 2. The van der Waals surface area contributed by atoms with Gasteiger partial charge in [-0.3, -0.25) is 0 Å². The van der Waals surface area contributed by atoms with Gasteiger partial charge in [0.15, 0.2) is 0 Å². The highest BCUT2D eigenvalue weighted by molar-refractivity contribution is 14.1. The van der Waals surface area contributed by atoms with E-state index in [2.05, 4.69) is 29.5 Å². The third kappa shape index (κ3) is 4.09. The molecule has 0 aliphatic heterocycles. The lowest BCUT2D eigenvalue weighted by molar-refractivity contribution is 0.0122. The molecule has 3 heteroatoms. The zero-order chi connectivity index (χ0) is 11.3. The summed E-state index contributed by atoms with van der Waals surface area (Å²) >= 11 is 2.20. The fourth-order valence-electron chi connectivity index (χ4n) is 1.48. The number of hydrogen-bond acceptors (Lipinski definition) is 2. The van der Waals surface area contributed by atoms with E-state index in [1.807, 2.05) is 24.3 Å². The van der Waals surface area contributed by atoms with Crippen molar-refractivity contribution in [2.24, 2.45) is 0 Å². The maximum atomic E-state index is 9.89. The van der Waals surface area contributed by atoms with Crippen LogP contribution in [0.4, 0.5) is 0 Å². The predicted molar refractivity (Wildman–Crippen MR) is 69.7 cm³/mol. The van der Waals surface area contributed by atoms with Gasteiger partial charge in [0.25, 0.3) is 0 Å². The molecule has 0 aliphatic rings. The number of aliphatic hydroxyl groups excluding tert-OH is 2. The van der Waals surface area contributed by atoms with E-state index in [1.54, 1.807) is 0 Å². The van der Waals surface area contributed by atoms with E-state index in [-0.39, 0.29) is 0 Å². The van der Waals surface area contributed by atoms with Crippen LogP contribution in [0.25, 0.3) is 0 Å². The predicted octanol–water partition coefficient (Wildman–Crippen LogP) is 2.88. The SMILES string of the molecule is CCCC[C@H](O)[C@@H](O)c1cccc(I)c1. The van der Waals surface area contributed by atoms with Crippen molar-refractivity contribution in [3.05, 3.63) is 33.4 Å². The summed E-state index contributed by atoms with van der Waals surface area (Å²) in [6.07, 6.45) is 1.23. The first-order valence-electron chi connectivity index (χ1n) is 5.26. The minimum absolute atomic E-state index is 0.650. The fourth-order valence-corrected chi connectivity index (χ4v) is 2.05. The molecule has 0 aromatic heterocycles. The maximum absolute atomic E-state index is 9.89. The Bertz CT molecular complexity index is 301. The van der Waals surface area contributed by atoms with Crippen LogP contribution in [0.1, 0.15) is 37.9 Å². The molecule has 0 unspecified atom stereocenters. The second-order valence-corrected chi connectivity index (χ2v) is 4.96. The molecule has 2 nitrogen and oxygen atoms in total. The molecule has 0 saturated carbocycles. The molecule has 15 heavy (non-hydrogen) atoms. The molecule has 1 aromatic carbocycles. The standard InChI is InChI=1S/C12H17IO2/c1-2-3-7-11(14)12(15)9-5-4-6-10(13)8-9/h4-6,8,11-12,14-15H,2-3,7H2,1H3/t11-,12-/m0/s1. The number of unbranched alkanes of at least 4 members (excludes halogenated alkanes) is 1. The van der Waals surface area contributed by atoms with Crippen molar-refractivity contribution in [1.29, 1.82) is 0 Å². The van der Waals surface area contributed by atoms with E-state index in [0.717, 1.165) is 22.0 Å². The lowest BCUT2D eigenvalue weighted by atomic mass is 10.0. The number of benzene rings is 1. The van der Waals surface area contributed by atoms with Gasteiger partial charge in [-0.2, -0.15) is 0 Å². The highest BCUT2D eigenvalue weighted by Crippen LogP contribution is 2.21. The van der Waals surface area contributed by atoms with Gasteiger partial charge in [0.2, 0.25) is 0 Å². The summed E-state index contributed by atoms with van der Waals surface area (Å²) in [5.74, 6) is 0. The van der Waals surface area contributed by atoms with Gasteiger partial charge in [0, 0.05) is 3.57 Å². The molecule has 0 bridgehead atoms. The molecule has 84 valence electrons. The van der Waals surface area contributed by atoms with Gasteiger partial charge in [-0.05, 0) is 46.7 Å². The Morgan fingerprint density at radius 2 is 2.07 bits per heavy atom. The molecule has 2 atom stereocenters. The van der Waals surface area contributed by atoms with E-state index >= 15 is 0 Å². The van der Waals surface area contributed by atoms with Gasteiger partial charge < -0.3 is 10.2 Å². The Hall–Kier alpha value is -0.130. The normalized spacial score (nSPS) is 14.9. The Kier molecular flexibility index (Phi) is 5.56. The summed E-state index contributed by atoms with van der Waals surface area (Å²) in [7, 11) is 0. The molecule has 0 spiro atoms. The highest BCUT2D eigenvalue weighted by atomic mass is 127. The summed E-state index contributed by atoms with van der Waals surface area (Å²) in [5, 5.41) is 19.6. The summed E-state index contributed by atoms with van der Waals surface area (Å²) in [6.45, 7) is 2.07. The molecule has 0 radical (unpaired) electrons. The first-order valence-corrected chi connectivity index (χ1v) is 6.34. The van der Waals surface area contributed by atoms with Crippen LogP contribution in [0, 0.1) is 3.57 Å². The van der Waals surface area contributed by atoms with Crippen LogP contribution in [0.3, 0.4) is 0 Å². The van der Waals surface area contributed by atoms with Gasteiger partial charge in [-0.1, -0.05) is 31.9 Å². The van der Waals surface area contributed by atoms with E-state index in [9.17, 15) is 10.2 Å². The Morgan fingerprint density at radius 1 is 1.33 bits per heavy atom.